The number of nitro groups is 1. The molecule has 0 unspecified atom stereocenters. The van der Waals surface area contributed by atoms with Gasteiger partial charge < -0.3 is 15.4 Å². The molecule has 0 bridgehead atoms. The molecule has 2 amide bonds. The maximum Gasteiger partial charge on any atom is 0.288 e. The number of anilines is 2. The molecular weight excluding hydrogens is 398 g/mol. The van der Waals surface area contributed by atoms with Gasteiger partial charge in [0.1, 0.15) is 10.8 Å². The molecule has 0 heterocycles. The van der Waals surface area contributed by atoms with Crippen LogP contribution in [-0.4, -0.2) is 23.8 Å². The van der Waals surface area contributed by atoms with E-state index in [0.717, 1.165) is 0 Å². The third-order valence-electron chi connectivity index (χ3n) is 3.85. The van der Waals surface area contributed by atoms with E-state index in [1.165, 1.54) is 31.4 Å². The van der Waals surface area contributed by atoms with Crippen LogP contribution in [0.2, 0.25) is 5.02 Å². The lowest BCUT2D eigenvalue weighted by atomic mass is 10.2. The standard InChI is InChI=1S/C20H20ClN3O5/c1-12(2)20(26)23-16-8-6-14(11-18(16)29-3)22-19(25)9-5-13-4-7-15(21)17(10-13)24(27)28/h4-12H,1-3H3,(H,22,25)(H,23,26). The van der Waals surface area contributed by atoms with Crippen LogP contribution >= 0.6 is 11.6 Å². The highest BCUT2D eigenvalue weighted by molar-refractivity contribution is 6.32. The summed E-state index contributed by atoms with van der Waals surface area (Å²) in [6, 6.07) is 9.06. The number of ether oxygens (including phenoxy) is 1. The zero-order chi connectivity index (χ0) is 21.6. The Kier molecular flexibility index (Phi) is 7.33. The van der Waals surface area contributed by atoms with Crippen molar-refractivity contribution in [3.63, 3.8) is 0 Å². The monoisotopic (exact) mass is 417 g/mol. The summed E-state index contributed by atoms with van der Waals surface area (Å²) in [5.41, 5.74) is 1.17. The van der Waals surface area contributed by atoms with Crippen molar-refractivity contribution in [2.75, 3.05) is 17.7 Å². The number of amides is 2. The van der Waals surface area contributed by atoms with Crippen LogP contribution in [0.5, 0.6) is 5.75 Å². The van der Waals surface area contributed by atoms with Crippen molar-refractivity contribution in [2.24, 2.45) is 5.92 Å². The molecule has 0 aliphatic heterocycles. The smallest absolute Gasteiger partial charge is 0.288 e. The molecule has 2 rings (SSSR count). The molecule has 0 spiro atoms. The predicted octanol–water partition coefficient (Wildman–Crippen LogP) is 4.50. The molecule has 0 saturated heterocycles. The number of carbonyl (C=O) groups is 2. The molecule has 0 saturated carbocycles. The highest BCUT2D eigenvalue weighted by Gasteiger charge is 2.13. The average molecular weight is 418 g/mol. The normalized spacial score (nSPS) is 10.8. The number of benzene rings is 2. The second kappa shape index (κ2) is 9.70. The molecule has 0 aromatic heterocycles. The summed E-state index contributed by atoms with van der Waals surface area (Å²) in [4.78, 5) is 34.3. The summed E-state index contributed by atoms with van der Waals surface area (Å²) >= 11 is 5.77. The van der Waals surface area contributed by atoms with Gasteiger partial charge in [-0.3, -0.25) is 19.7 Å². The summed E-state index contributed by atoms with van der Waals surface area (Å²) < 4.78 is 5.26. The molecule has 29 heavy (non-hydrogen) atoms. The van der Waals surface area contributed by atoms with Gasteiger partial charge >= 0.3 is 0 Å². The van der Waals surface area contributed by atoms with E-state index in [2.05, 4.69) is 10.6 Å². The average Bonchev–Trinajstić information content (AvgIpc) is 2.68. The molecule has 152 valence electrons. The Morgan fingerprint density at radius 3 is 2.52 bits per heavy atom. The first-order chi connectivity index (χ1) is 13.7. The van der Waals surface area contributed by atoms with Crippen molar-refractivity contribution in [2.45, 2.75) is 13.8 Å². The zero-order valence-corrected chi connectivity index (χ0v) is 16.8. The van der Waals surface area contributed by atoms with E-state index >= 15 is 0 Å². The SMILES string of the molecule is COc1cc(NC(=O)C=Cc2ccc(Cl)c([N+](=O)[O-])c2)ccc1NC(=O)C(C)C. The van der Waals surface area contributed by atoms with Crippen LogP contribution in [0.15, 0.2) is 42.5 Å². The number of nitrogens with zero attached hydrogens (tertiary/aromatic N) is 1. The first-order valence-corrected chi connectivity index (χ1v) is 9.01. The van der Waals surface area contributed by atoms with Gasteiger partial charge in [0.15, 0.2) is 0 Å². The summed E-state index contributed by atoms with van der Waals surface area (Å²) in [6.07, 6.45) is 2.68. The summed E-state index contributed by atoms with van der Waals surface area (Å²) in [6.45, 7) is 3.55. The highest BCUT2D eigenvalue weighted by Crippen LogP contribution is 2.29. The van der Waals surface area contributed by atoms with E-state index in [-0.39, 0.29) is 22.5 Å². The van der Waals surface area contributed by atoms with Gasteiger partial charge in [0.25, 0.3) is 5.69 Å². The highest BCUT2D eigenvalue weighted by atomic mass is 35.5. The lowest BCUT2D eigenvalue weighted by molar-refractivity contribution is -0.384. The maximum atomic E-state index is 12.2. The van der Waals surface area contributed by atoms with E-state index in [9.17, 15) is 19.7 Å². The Balaban J connectivity index is 2.10. The molecular formula is C20H20ClN3O5. The van der Waals surface area contributed by atoms with Crippen LogP contribution in [0.4, 0.5) is 17.1 Å². The second-order valence-electron chi connectivity index (χ2n) is 6.35. The summed E-state index contributed by atoms with van der Waals surface area (Å²) in [7, 11) is 1.46. The van der Waals surface area contributed by atoms with Gasteiger partial charge in [0.05, 0.1) is 17.7 Å². The van der Waals surface area contributed by atoms with Crippen LogP contribution in [0.25, 0.3) is 6.08 Å². The molecule has 8 nitrogen and oxygen atoms in total. The molecule has 0 radical (unpaired) electrons. The number of nitro benzene ring substituents is 1. The van der Waals surface area contributed by atoms with Gasteiger partial charge in [-0.05, 0) is 29.8 Å². The topological polar surface area (TPSA) is 111 Å². The van der Waals surface area contributed by atoms with E-state index in [4.69, 9.17) is 16.3 Å². The minimum absolute atomic E-state index is 0.0216. The molecule has 0 fully saturated rings. The Labute approximate surface area is 172 Å². The fourth-order valence-corrected chi connectivity index (χ4v) is 2.46. The van der Waals surface area contributed by atoms with Crippen molar-refractivity contribution in [3.8, 4) is 5.75 Å². The van der Waals surface area contributed by atoms with Gasteiger partial charge in [0.2, 0.25) is 11.8 Å². The lowest BCUT2D eigenvalue weighted by Gasteiger charge is -2.13. The quantitative estimate of drug-likeness (QED) is 0.391. The van der Waals surface area contributed by atoms with Crippen molar-refractivity contribution < 1.29 is 19.2 Å². The van der Waals surface area contributed by atoms with Crippen LogP contribution < -0.4 is 15.4 Å². The third kappa shape index (κ3) is 6.05. The molecule has 2 aromatic carbocycles. The third-order valence-corrected chi connectivity index (χ3v) is 4.16. The number of carbonyl (C=O) groups excluding carboxylic acids is 2. The Morgan fingerprint density at radius 2 is 1.90 bits per heavy atom. The van der Waals surface area contributed by atoms with Crippen molar-refractivity contribution in [3.05, 3.63) is 63.2 Å². The minimum Gasteiger partial charge on any atom is -0.494 e. The Bertz CT molecular complexity index is 973. The van der Waals surface area contributed by atoms with E-state index in [0.29, 0.717) is 22.7 Å². The summed E-state index contributed by atoms with van der Waals surface area (Å²) in [5, 5.41) is 16.4. The lowest BCUT2D eigenvalue weighted by Crippen LogP contribution is -2.18. The van der Waals surface area contributed by atoms with Crippen LogP contribution in [0.1, 0.15) is 19.4 Å². The number of rotatable bonds is 7. The van der Waals surface area contributed by atoms with Crippen molar-refractivity contribution in [1.82, 2.24) is 0 Å². The first kappa shape index (κ1) is 21.9. The van der Waals surface area contributed by atoms with E-state index < -0.39 is 10.8 Å². The molecule has 2 aromatic rings. The predicted molar refractivity (Wildman–Crippen MR) is 112 cm³/mol. The van der Waals surface area contributed by atoms with Gasteiger partial charge in [0, 0.05) is 29.8 Å². The fraction of sp³-hybridized carbons (Fsp3) is 0.200. The number of hydrogen-bond donors (Lipinski definition) is 2. The Morgan fingerprint density at radius 1 is 1.17 bits per heavy atom. The maximum absolute atomic E-state index is 12.2. The number of nitrogens with one attached hydrogen (secondary N) is 2. The van der Waals surface area contributed by atoms with Gasteiger partial charge in [-0.2, -0.15) is 0 Å². The molecule has 9 heteroatoms. The largest absolute Gasteiger partial charge is 0.494 e. The second-order valence-corrected chi connectivity index (χ2v) is 6.76. The number of methoxy groups -OCH3 is 1. The molecule has 2 N–H and O–H groups in total. The van der Waals surface area contributed by atoms with Gasteiger partial charge in [-0.15, -0.1) is 0 Å². The van der Waals surface area contributed by atoms with E-state index in [1.807, 2.05) is 0 Å². The van der Waals surface area contributed by atoms with Crippen LogP contribution in [0, 0.1) is 16.0 Å². The molecule has 0 aliphatic rings. The Hall–Kier alpha value is -3.39. The van der Waals surface area contributed by atoms with Gasteiger partial charge in [-0.25, -0.2) is 0 Å². The minimum atomic E-state index is -0.592. The molecule has 0 atom stereocenters. The van der Waals surface area contributed by atoms with Crippen LogP contribution in [0.3, 0.4) is 0 Å². The van der Waals surface area contributed by atoms with Crippen LogP contribution in [-0.2, 0) is 9.59 Å². The van der Waals surface area contributed by atoms with Crippen molar-refractivity contribution >= 4 is 46.6 Å². The number of halogens is 1. The number of hydrogen-bond acceptors (Lipinski definition) is 5. The fourth-order valence-electron chi connectivity index (χ4n) is 2.28. The summed E-state index contributed by atoms with van der Waals surface area (Å²) in [5.74, 6) is -0.384. The van der Waals surface area contributed by atoms with Gasteiger partial charge in [-0.1, -0.05) is 31.5 Å². The first-order valence-electron chi connectivity index (χ1n) is 8.63. The van der Waals surface area contributed by atoms with E-state index in [1.54, 1.807) is 38.1 Å². The molecule has 0 aliphatic carbocycles. The van der Waals surface area contributed by atoms with Crippen molar-refractivity contribution in [1.29, 1.82) is 0 Å². The zero-order valence-electron chi connectivity index (χ0n) is 16.1.